The predicted molar refractivity (Wildman–Crippen MR) is 49.8 cm³/mol. The van der Waals surface area contributed by atoms with E-state index in [4.69, 9.17) is 0 Å². The van der Waals surface area contributed by atoms with Gasteiger partial charge in [0.25, 0.3) is 0 Å². The average molecular weight is 155 g/mol. The molecule has 0 aromatic rings. The first-order chi connectivity index (χ1) is 5.29. The van der Waals surface area contributed by atoms with Crippen LogP contribution in [0.3, 0.4) is 0 Å². The minimum absolute atomic E-state index is 0.651. The van der Waals surface area contributed by atoms with E-state index in [0.717, 1.165) is 0 Å². The molecular formula is C10H21N. The van der Waals surface area contributed by atoms with E-state index in [0.29, 0.717) is 5.54 Å². The molecular weight excluding hydrogens is 134 g/mol. The third-order valence-electron chi connectivity index (χ3n) is 2.98. The molecule has 1 aliphatic carbocycles. The van der Waals surface area contributed by atoms with Crippen molar-refractivity contribution < 1.29 is 0 Å². The number of nitrogens with zero attached hydrogens (tertiary/aromatic N) is 1. The zero-order valence-corrected chi connectivity index (χ0v) is 8.19. The first-order valence-electron chi connectivity index (χ1n) is 5.04. The minimum Gasteiger partial charge on any atom is -0.298 e. The summed E-state index contributed by atoms with van der Waals surface area (Å²) >= 11 is 0. The van der Waals surface area contributed by atoms with E-state index in [1.807, 2.05) is 0 Å². The zero-order valence-electron chi connectivity index (χ0n) is 8.19. The van der Waals surface area contributed by atoms with E-state index in [2.05, 4.69) is 25.7 Å². The fourth-order valence-electron chi connectivity index (χ4n) is 2.23. The molecule has 0 radical (unpaired) electrons. The molecule has 0 aromatic heterocycles. The largest absolute Gasteiger partial charge is 0.298 e. The smallest absolute Gasteiger partial charge is 0.0210 e. The molecule has 1 nitrogen and oxygen atoms in total. The fourth-order valence-corrected chi connectivity index (χ4v) is 2.23. The van der Waals surface area contributed by atoms with Crippen LogP contribution in [0.1, 0.15) is 46.5 Å². The SMILES string of the molecule is CCCC1(N(CC)CC)CC1. The van der Waals surface area contributed by atoms with E-state index in [1.54, 1.807) is 0 Å². The van der Waals surface area contributed by atoms with Gasteiger partial charge in [0.2, 0.25) is 0 Å². The zero-order chi connectivity index (χ0) is 8.32. The molecule has 1 saturated carbocycles. The summed E-state index contributed by atoms with van der Waals surface area (Å²) in [5.41, 5.74) is 0.651. The van der Waals surface area contributed by atoms with Crippen LogP contribution in [-0.2, 0) is 0 Å². The molecule has 0 bridgehead atoms. The van der Waals surface area contributed by atoms with Gasteiger partial charge < -0.3 is 0 Å². The van der Waals surface area contributed by atoms with Crippen molar-refractivity contribution in [3.8, 4) is 0 Å². The van der Waals surface area contributed by atoms with Gasteiger partial charge >= 0.3 is 0 Å². The second kappa shape index (κ2) is 3.57. The lowest BCUT2D eigenvalue weighted by Crippen LogP contribution is -2.36. The summed E-state index contributed by atoms with van der Waals surface area (Å²) in [5.74, 6) is 0. The van der Waals surface area contributed by atoms with Gasteiger partial charge in [-0.1, -0.05) is 27.2 Å². The Kier molecular flexibility index (Phi) is 2.94. The van der Waals surface area contributed by atoms with Crippen LogP contribution < -0.4 is 0 Å². The monoisotopic (exact) mass is 155 g/mol. The van der Waals surface area contributed by atoms with E-state index in [1.165, 1.54) is 38.8 Å². The van der Waals surface area contributed by atoms with E-state index < -0.39 is 0 Å². The van der Waals surface area contributed by atoms with Crippen LogP contribution in [0.2, 0.25) is 0 Å². The van der Waals surface area contributed by atoms with Gasteiger partial charge in [-0.2, -0.15) is 0 Å². The van der Waals surface area contributed by atoms with Gasteiger partial charge in [-0.25, -0.2) is 0 Å². The molecule has 66 valence electrons. The third kappa shape index (κ3) is 1.76. The van der Waals surface area contributed by atoms with Crippen LogP contribution in [-0.4, -0.2) is 23.5 Å². The fraction of sp³-hybridized carbons (Fsp3) is 1.00. The van der Waals surface area contributed by atoms with Crippen molar-refractivity contribution in [1.82, 2.24) is 4.90 Å². The van der Waals surface area contributed by atoms with Crippen molar-refractivity contribution in [3.05, 3.63) is 0 Å². The Morgan fingerprint density at radius 3 is 1.91 bits per heavy atom. The lowest BCUT2D eigenvalue weighted by Gasteiger charge is -2.29. The quantitative estimate of drug-likeness (QED) is 0.590. The van der Waals surface area contributed by atoms with Gasteiger partial charge in [-0.15, -0.1) is 0 Å². The first kappa shape index (κ1) is 9.05. The summed E-state index contributed by atoms with van der Waals surface area (Å²) in [6.45, 7) is 9.31. The van der Waals surface area contributed by atoms with Crippen molar-refractivity contribution >= 4 is 0 Å². The summed E-state index contributed by atoms with van der Waals surface area (Å²) in [6, 6.07) is 0. The molecule has 0 heterocycles. The molecule has 0 saturated heterocycles. The van der Waals surface area contributed by atoms with E-state index in [-0.39, 0.29) is 0 Å². The van der Waals surface area contributed by atoms with Crippen LogP contribution in [0.5, 0.6) is 0 Å². The highest BCUT2D eigenvalue weighted by atomic mass is 15.2. The molecule has 1 fully saturated rings. The highest BCUT2D eigenvalue weighted by molar-refractivity contribution is 5.02. The van der Waals surface area contributed by atoms with E-state index >= 15 is 0 Å². The Balaban J connectivity index is 2.41. The lowest BCUT2D eigenvalue weighted by molar-refractivity contribution is 0.184. The second-order valence-corrected chi connectivity index (χ2v) is 3.65. The van der Waals surface area contributed by atoms with Gasteiger partial charge in [-0.3, -0.25) is 4.90 Å². The summed E-state index contributed by atoms with van der Waals surface area (Å²) in [5, 5.41) is 0. The second-order valence-electron chi connectivity index (χ2n) is 3.65. The van der Waals surface area contributed by atoms with Gasteiger partial charge in [-0.05, 0) is 32.4 Å². The van der Waals surface area contributed by atoms with Crippen molar-refractivity contribution in [2.24, 2.45) is 0 Å². The van der Waals surface area contributed by atoms with Gasteiger partial charge in [0.15, 0.2) is 0 Å². The Labute approximate surface area is 70.8 Å². The Morgan fingerprint density at radius 1 is 1.09 bits per heavy atom. The van der Waals surface area contributed by atoms with Crippen LogP contribution in [0.15, 0.2) is 0 Å². The Bertz CT molecular complexity index is 112. The van der Waals surface area contributed by atoms with Crippen molar-refractivity contribution in [1.29, 1.82) is 0 Å². The highest BCUT2D eigenvalue weighted by Crippen LogP contribution is 2.45. The summed E-state index contributed by atoms with van der Waals surface area (Å²) in [6.07, 6.45) is 5.65. The van der Waals surface area contributed by atoms with Crippen molar-refractivity contribution in [3.63, 3.8) is 0 Å². The van der Waals surface area contributed by atoms with Crippen LogP contribution >= 0.6 is 0 Å². The van der Waals surface area contributed by atoms with Crippen LogP contribution in [0.4, 0.5) is 0 Å². The molecule has 0 spiro atoms. The molecule has 0 atom stereocenters. The normalized spacial score (nSPS) is 20.7. The minimum atomic E-state index is 0.651. The molecule has 1 rings (SSSR count). The molecule has 0 unspecified atom stereocenters. The van der Waals surface area contributed by atoms with Crippen molar-refractivity contribution in [2.75, 3.05) is 13.1 Å². The van der Waals surface area contributed by atoms with Crippen LogP contribution in [0.25, 0.3) is 0 Å². The average Bonchev–Trinajstić information content (AvgIpc) is 2.73. The molecule has 11 heavy (non-hydrogen) atoms. The predicted octanol–water partition coefficient (Wildman–Crippen LogP) is 2.66. The molecule has 0 aromatic carbocycles. The molecule has 1 aliphatic rings. The Hall–Kier alpha value is -0.0400. The van der Waals surface area contributed by atoms with Crippen molar-refractivity contribution in [2.45, 2.75) is 52.0 Å². The standard InChI is InChI=1S/C10H21N/c1-4-7-10(8-9-10)11(5-2)6-3/h4-9H2,1-3H3. The summed E-state index contributed by atoms with van der Waals surface area (Å²) < 4.78 is 0. The lowest BCUT2D eigenvalue weighted by atomic mass is 10.1. The van der Waals surface area contributed by atoms with Gasteiger partial charge in [0.05, 0.1) is 0 Å². The number of hydrogen-bond acceptors (Lipinski definition) is 1. The Morgan fingerprint density at radius 2 is 1.64 bits per heavy atom. The maximum absolute atomic E-state index is 2.64. The maximum Gasteiger partial charge on any atom is 0.0210 e. The topological polar surface area (TPSA) is 3.24 Å². The molecule has 1 heteroatoms. The summed E-state index contributed by atoms with van der Waals surface area (Å²) in [4.78, 5) is 2.64. The third-order valence-corrected chi connectivity index (χ3v) is 2.98. The number of hydrogen-bond donors (Lipinski definition) is 0. The molecule has 0 N–H and O–H groups in total. The first-order valence-corrected chi connectivity index (χ1v) is 5.04. The van der Waals surface area contributed by atoms with E-state index in [9.17, 15) is 0 Å². The van der Waals surface area contributed by atoms with Gasteiger partial charge in [0, 0.05) is 5.54 Å². The highest BCUT2D eigenvalue weighted by Gasteiger charge is 2.45. The number of rotatable bonds is 5. The molecule has 0 aliphatic heterocycles. The maximum atomic E-state index is 2.64. The van der Waals surface area contributed by atoms with Gasteiger partial charge in [0.1, 0.15) is 0 Å². The van der Waals surface area contributed by atoms with Crippen LogP contribution in [0, 0.1) is 0 Å². The summed E-state index contributed by atoms with van der Waals surface area (Å²) in [7, 11) is 0. The molecule has 0 amide bonds.